The lowest BCUT2D eigenvalue weighted by Crippen LogP contribution is -2.21. The number of hydrogen-bond donors (Lipinski definition) is 2. The fraction of sp³-hybridized carbons (Fsp3) is 0.222. The van der Waals surface area contributed by atoms with Gasteiger partial charge in [-0.25, -0.2) is 0 Å². The Kier molecular flexibility index (Phi) is 3.73. The summed E-state index contributed by atoms with van der Waals surface area (Å²) in [5.41, 5.74) is 1.02. The van der Waals surface area contributed by atoms with Gasteiger partial charge in [-0.2, -0.15) is 0 Å². The van der Waals surface area contributed by atoms with Gasteiger partial charge in [0.1, 0.15) is 0 Å². The fourth-order valence-corrected chi connectivity index (χ4v) is 1.04. The second kappa shape index (κ2) is 4.84. The quantitative estimate of drug-likeness (QED) is 0.773. The second-order valence-electron chi connectivity index (χ2n) is 2.62. The molecule has 2 N–H and O–H groups in total. The minimum Gasteiger partial charge on any atom is -0.480 e. The van der Waals surface area contributed by atoms with E-state index in [1.54, 1.807) is 12.1 Å². The van der Waals surface area contributed by atoms with Gasteiger partial charge >= 0.3 is 5.97 Å². The number of aliphatic carboxylic acids is 1. The molecule has 0 atom stereocenters. The maximum atomic E-state index is 10.2. The third-order valence-electron chi connectivity index (χ3n) is 1.52. The topological polar surface area (TPSA) is 49.3 Å². The number of rotatable bonds is 4. The zero-order valence-electron chi connectivity index (χ0n) is 6.96. The van der Waals surface area contributed by atoms with Gasteiger partial charge in [0.15, 0.2) is 0 Å². The molecule has 0 aliphatic heterocycles. The molecule has 1 aromatic rings. The van der Waals surface area contributed by atoms with Crippen LogP contribution in [0.3, 0.4) is 0 Å². The molecule has 3 nitrogen and oxygen atoms in total. The van der Waals surface area contributed by atoms with Crippen molar-refractivity contribution in [2.75, 3.05) is 6.54 Å². The first-order valence-corrected chi connectivity index (χ1v) is 4.23. The summed E-state index contributed by atoms with van der Waals surface area (Å²) in [7, 11) is 0. The Labute approximate surface area is 81.3 Å². The summed E-state index contributed by atoms with van der Waals surface area (Å²) in [6, 6.07) is 7.27. The highest BCUT2D eigenvalue weighted by Crippen LogP contribution is 2.08. The fourth-order valence-electron chi connectivity index (χ4n) is 0.916. The summed E-state index contributed by atoms with van der Waals surface area (Å²) in [6.45, 7) is 0.520. The molecule has 1 aromatic carbocycles. The van der Waals surface area contributed by atoms with Crippen LogP contribution in [0.4, 0.5) is 0 Å². The molecule has 0 aliphatic rings. The van der Waals surface area contributed by atoms with Crippen LogP contribution in [0.1, 0.15) is 5.56 Å². The van der Waals surface area contributed by atoms with Crippen molar-refractivity contribution >= 4 is 17.6 Å². The molecule has 0 spiro atoms. The van der Waals surface area contributed by atoms with Gasteiger partial charge in [0.25, 0.3) is 0 Å². The van der Waals surface area contributed by atoms with Crippen molar-refractivity contribution in [3.05, 3.63) is 34.9 Å². The molecule has 4 heteroatoms. The van der Waals surface area contributed by atoms with E-state index in [2.05, 4.69) is 5.32 Å². The largest absolute Gasteiger partial charge is 0.480 e. The van der Waals surface area contributed by atoms with E-state index >= 15 is 0 Å². The molecule has 0 saturated heterocycles. The normalized spacial score (nSPS) is 9.92. The van der Waals surface area contributed by atoms with Crippen LogP contribution in [0.2, 0.25) is 5.02 Å². The van der Waals surface area contributed by atoms with E-state index in [9.17, 15) is 4.79 Å². The van der Waals surface area contributed by atoms with Gasteiger partial charge in [0, 0.05) is 11.6 Å². The number of benzene rings is 1. The predicted octanol–water partition coefficient (Wildman–Crippen LogP) is 1.51. The van der Waals surface area contributed by atoms with Crippen LogP contribution >= 0.6 is 11.6 Å². The van der Waals surface area contributed by atoms with Gasteiger partial charge in [0.05, 0.1) is 6.54 Å². The molecular formula is C9H10ClNO2. The number of halogens is 1. The lowest BCUT2D eigenvalue weighted by molar-refractivity contribution is -0.135. The lowest BCUT2D eigenvalue weighted by Gasteiger charge is -2.01. The van der Waals surface area contributed by atoms with Gasteiger partial charge in [-0.3, -0.25) is 4.79 Å². The zero-order valence-corrected chi connectivity index (χ0v) is 7.71. The predicted molar refractivity (Wildman–Crippen MR) is 50.8 cm³/mol. The highest BCUT2D eigenvalue weighted by molar-refractivity contribution is 6.30. The number of carbonyl (C=O) groups is 1. The minimum absolute atomic E-state index is 0.0252. The van der Waals surface area contributed by atoms with E-state index in [-0.39, 0.29) is 6.54 Å². The first-order chi connectivity index (χ1) is 6.18. The average molecular weight is 200 g/mol. The van der Waals surface area contributed by atoms with Crippen molar-refractivity contribution in [1.29, 1.82) is 0 Å². The molecule has 70 valence electrons. The third-order valence-corrected chi connectivity index (χ3v) is 1.77. The number of nitrogens with one attached hydrogen (secondary N) is 1. The SMILES string of the molecule is O=C(O)CNCc1ccc(Cl)cc1. The Balaban J connectivity index is 2.37. The van der Waals surface area contributed by atoms with E-state index < -0.39 is 5.97 Å². The summed E-state index contributed by atoms with van der Waals surface area (Å²) in [4.78, 5) is 10.2. The van der Waals surface area contributed by atoms with Crippen LogP contribution in [-0.2, 0) is 11.3 Å². The third kappa shape index (κ3) is 3.92. The van der Waals surface area contributed by atoms with Crippen LogP contribution in [0.5, 0.6) is 0 Å². The van der Waals surface area contributed by atoms with Crippen molar-refractivity contribution in [1.82, 2.24) is 5.32 Å². The van der Waals surface area contributed by atoms with Crippen molar-refractivity contribution in [3.8, 4) is 0 Å². The van der Waals surface area contributed by atoms with Crippen molar-refractivity contribution in [3.63, 3.8) is 0 Å². The first-order valence-electron chi connectivity index (χ1n) is 3.85. The Morgan fingerprint density at radius 3 is 2.54 bits per heavy atom. The summed E-state index contributed by atoms with van der Waals surface area (Å²) in [5, 5.41) is 11.8. The smallest absolute Gasteiger partial charge is 0.317 e. The van der Waals surface area contributed by atoms with Gasteiger partial charge in [-0.1, -0.05) is 23.7 Å². The molecule has 0 saturated carbocycles. The van der Waals surface area contributed by atoms with E-state index in [1.165, 1.54) is 0 Å². The Morgan fingerprint density at radius 2 is 2.00 bits per heavy atom. The molecule has 0 aliphatic carbocycles. The summed E-state index contributed by atoms with van der Waals surface area (Å²) >= 11 is 5.68. The molecular weight excluding hydrogens is 190 g/mol. The standard InChI is InChI=1S/C9H10ClNO2/c10-8-3-1-7(2-4-8)5-11-6-9(12)13/h1-4,11H,5-6H2,(H,12,13). The minimum atomic E-state index is -0.853. The summed E-state index contributed by atoms with van der Waals surface area (Å²) in [5.74, 6) is -0.853. The first kappa shape index (κ1) is 10.0. The molecule has 0 unspecified atom stereocenters. The maximum Gasteiger partial charge on any atom is 0.317 e. The van der Waals surface area contributed by atoms with Gasteiger partial charge in [-0.05, 0) is 17.7 Å². The number of carboxylic acid groups (broad SMARTS) is 1. The van der Waals surface area contributed by atoms with Crippen molar-refractivity contribution in [2.45, 2.75) is 6.54 Å². The molecule has 0 aromatic heterocycles. The Hall–Kier alpha value is -1.06. The van der Waals surface area contributed by atoms with Gasteiger partial charge in [-0.15, -0.1) is 0 Å². The van der Waals surface area contributed by atoms with Gasteiger partial charge < -0.3 is 10.4 Å². The molecule has 0 bridgehead atoms. The number of hydrogen-bond acceptors (Lipinski definition) is 2. The van der Waals surface area contributed by atoms with E-state index in [0.717, 1.165) is 5.56 Å². The van der Waals surface area contributed by atoms with Crippen molar-refractivity contribution < 1.29 is 9.90 Å². The molecule has 0 amide bonds. The lowest BCUT2D eigenvalue weighted by atomic mass is 10.2. The molecule has 0 radical (unpaired) electrons. The molecule has 1 rings (SSSR count). The van der Waals surface area contributed by atoms with E-state index in [1.807, 2.05) is 12.1 Å². The second-order valence-corrected chi connectivity index (χ2v) is 3.06. The highest BCUT2D eigenvalue weighted by Gasteiger charge is 1.96. The number of carboxylic acids is 1. The molecule has 0 fully saturated rings. The van der Waals surface area contributed by atoms with Crippen LogP contribution in [0, 0.1) is 0 Å². The van der Waals surface area contributed by atoms with Crippen LogP contribution in [0.15, 0.2) is 24.3 Å². The van der Waals surface area contributed by atoms with Gasteiger partial charge in [0.2, 0.25) is 0 Å². The zero-order chi connectivity index (χ0) is 9.68. The van der Waals surface area contributed by atoms with Crippen LogP contribution < -0.4 is 5.32 Å². The van der Waals surface area contributed by atoms with Crippen LogP contribution in [0.25, 0.3) is 0 Å². The average Bonchev–Trinajstić information content (AvgIpc) is 2.08. The highest BCUT2D eigenvalue weighted by atomic mass is 35.5. The monoisotopic (exact) mass is 199 g/mol. The van der Waals surface area contributed by atoms with Crippen LogP contribution in [-0.4, -0.2) is 17.6 Å². The van der Waals surface area contributed by atoms with Crippen molar-refractivity contribution in [2.24, 2.45) is 0 Å². The maximum absolute atomic E-state index is 10.2. The van der Waals surface area contributed by atoms with E-state index in [0.29, 0.717) is 11.6 Å². The molecule has 0 heterocycles. The molecule has 13 heavy (non-hydrogen) atoms. The summed E-state index contributed by atoms with van der Waals surface area (Å²) < 4.78 is 0. The Morgan fingerprint density at radius 1 is 1.38 bits per heavy atom. The Bertz CT molecular complexity index is 284. The van der Waals surface area contributed by atoms with E-state index in [4.69, 9.17) is 16.7 Å². The summed E-state index contributed by atoms with van der Waals surface area (Å²) in [6.07, 6.45) is 0.